The molecule has 0 aliphatic heterocycles. The van der Waals surface area contributed by atoms with Crippen molar-refractivity contribution in [2.45, 2.75) is 52.5 Å². The molecule has 10 rings (SSSR count). The second-order valence-electron chi connectivity index (χ2n) is 16.6. The number of aromatic nitrogens is 5. The summed E-state index contributed by atoms with van der Waals surface area (Å²) in [5, 5.41) is 4.53. The Morgan fingerprint density at radius 1 is 0.596 bits per heavy atom. The van der Waals surface area contributed by atoms with Gasteiger partial charge in [0.1, 0.15) is 5.82 Å². The van der Waals surface area contributed by atoms with Crippen molar-refractivity contribution in [2.75, 3.05) is 0 Å². The molecule has 0 fully saturated rings. The molecular formula is C50H41N5OPt-2. The Kier molecular flexibility index (Phi) is 8.75. The maximum Gasteiger partial charge on any atom is 0.243 e. The molecule has 0 saturated carbocycles. The fourth-order valence-electron chi connectivity index (χ4n) is 8.06. The van der Waals surface area contributed by atoms with E-state index in [1.54, 1.807) is 0 Å². The molecule has 0 radical (unpaired) electrons. The van der Waals surface area contributed by atoms with Crippen LogP contribution in [0.25, 0.3) is 71.8 Å². The zero-order valence-electron chi connectivity index (χ0n) is 32.7. The van der Waals surface area contributed by atoms with E-state index in [4.69, 9.17) is 9.72 Å². The first-order valence-electron chi connectivity index (χ1n) is 19.2. The molecule has 0 saturated heterocycles. The Bertz CT molecular complexity index is 3100. The third kappa shape index (κ3) is 6.06. The molecule has 6 nitrogen and oxygen atoms in total. The van der Waals surface area contributed by atoms with E-state index in [9.17, 15) is 0 Å². The van der Waals surface area contributed by atoms with Gasteiger partial charge in [-0.25, -0.2) is 4.98 Å². The van der Waals surface area contributed by atoms with Gasteiger partial charge in [0.25, 0.3) is 0 Å². The van der Waals surface area contributed by atoms with E-state index < -0.39 is 0 Å². The summed E-state index contributed by atoms with van der Waals surface area (Å²) in [6.07, 6.45) is 5.52. The first-order chi connectivity index (χ1) is 27.0. The van der Waals surface area contributed by atoms with E-state index >= 15 is 0 Å². The van der Waals surface area contributed by atoms with Gasteiger partial charge in [-0.05, 0) is 73.2 Å². The minimum atomic E-state index is -0.166. The number of imidazole rings is 1. The summed E-state index contributed by atoms with van der Waals surface area (Å²) in [5.74, 6) is 2.00. The van der Waals surface area contributed by atoms with Crippen LogP contribution in [0.4, 0.5) is 0 Å². The molecule has 0 amide bonds. The predicted molar refractivity (Wildman–Crippen MR) is 227 cm³/mol. The van der Waals surface area contributed by atoms with Crippen molar-refractivity contribution < 1.29 is 30.4 Å². The molecule has 0 aliphatic rings. The van der Waals surface area contributed by atoms with Gasteiger partial charge < -0.3 is 23.0 Å². The Morgan fingerprint density at radius 3 is 1.84 bits per heavy atom. The Hall–Kier alpha value is -5.97. The van der Waals surface area contributed by atoms with Gasteiger partial charge in [-0.2, -0.15) is 12.1 Å². The van der Waals surface area contributed by atoms with Crippen molar-refractivity contribution >= 4 is 54.6 Å². The van der Waals surface area contributed by atoms with E-state index in [1.165, 1.54) is 16.3 Å². The smallest absolute Gasteiger partial charge is 0.243 e. The fourth-order valence-corrected chi connectivity index (χ4v) is 8.06. The largest absolute Gasteiger partial charge is 0.508 e. The third-order valence-corrected chi connectivity index (χ3v) is 10.8. The SMILES string of the molecule is CC(C)(C)c1ccnc(-n2c3[c-]c(Oc4[c-]c(-n5[c-][n+](C(C)(C)C)c6ccccc65)ccc4)c(-n4c5ccccc5c5ccccc54)cc3c3ccccc32)c1.[Pt]. The van der Waals surface area contributed by atoms with Crippen molar-refractivity contribution in [3.63, 3.8) is 0 Å². The third-order valence-electron chi connectivity index (χ3n) is 10.8. The first kappa shape index (κ1) is 36.7. The van der Waals surface area contributed by atoms with Crippen LogP contribution in [0.3, 0.4) is 0 Å². The Morgan fingerprint density at radius 2 is 1.19 bits per heavy atom. The summed E-state index contributed by atoms with van der Waals surface area (Å²) < 4.78 is 15.8. The standard InChI is InChI=1S/C50H41N5O.Pt/c1-49(2,3)33-26-27-51-48(28-33)55-42-23-12-9-20-38(42)39-30-46(54-40-21-10-7-18-36(40)37-19-8-11-22-41(37)54)47(31-45(39)55)56-35-17-15-16-34(29-35)52-32-53(50(4,5)6)44-25-14-13-24-43(44)52;/h7-28,30H,1-6H3;/q-2;. The van der Waals surface area contributed by atoms with Crippen LogP contribution in [0, 0.1) is 18.5 Å². The van der Waals surface area contributed by atoms with Crippen LogP contribution in [0.2, 0.25) is 0 Å². The van der Waals surface area contributed by atoms with Crippen molar-refractivity contribution in [3.8, 4) is 28.7 Å². The van der Waals surface area contributed by atoms with Crippen LogP contribution < -0.4 is 9.30 Å². The van der Waals surface area contributed by atoms with Crippen LogP contribution in [-0.4, -0.2) is 18.7 Å². The molecule has 284 valence electrons. The second-order valence-corrected chi connectivity index (χ2v) is 16.6. The molecule has 10 aromatic rings. The molecule has 7 heteroatoms. The monoisotopic (exact) mass is 922 g/mol. The van der Waals surface area contributed by atoms with E-state index in [-0.39, 0.29) is 32.0 Å². The number of hydrogen-bond acceptors (Lipinski definition) is 2. The number of rotatable bonds is 5. The molecule has 0 bridgehead atoms. The molecular weight excluding hydrogens is 882 g/mol. The zero-order chi connectivity index (χ0) is 38.3. The maximum absolute atomic E-state index is 7.05. The van der Waals surface area contributed by atoms with Gasteiger partial charge in [-0.1, -0.05) is 116 Å². The molecule has 0 aliphatic carbocycles. The van der Waals surface area contributed by atoms with Gasteiger partial charge in [-0.3, -0.25) is 0 Å². The maximum atomic E-state index is 7.05. The van der Waals surface area contributed by atoms with Gasteiger partial charge in [0.15, 0.2) is 0 Å². The summed E-state index contributed by atoms with van der Waals surface area (Å²) in [7, 11) is 0. The minimum absolute atomic E-state index is 0. The summed E-state index contributed by atoms with van der Waals surface area (Å²) in [4.78, 5) is 4.94. The molecule has 57 heavy (non-hydrogen) atoms. The van der Waals surface area contributed by atoms with Crippen molar-refractivity contribution in [1.29, 1.82) is 0 Å². The fraction of sp³-hybridized carbons (Fsp3) is 0.160. The zero-order valence-corrected chi connectivity index (χ0v) is 35.0. The molecule has 4 heterocycles. The number of fused-ring (bicyclic) bond motifs is 7. The average molecular weight is 923 g/mol. The Labute approximate surface area is 346 Å². The van der Waals surface area contributed by atoms with Gasteiger partial charge in [0.2, 0.25) is 6.33 Å². The topological polar surface area (TPSA) is 40.8 Å². The normalized spacial score (nSPS) is 12.2. The molecule has 4 aromatic heterocycles. The molecule has 0 spiro atoms. The van der Waals surface area contributed by atoms with Crippen LogP contribution in [-0.2, 0) is 32.0 Å². The molecule has 0 unspecified atom stereocenters. The van der Waals surface area contributed by atoms with Crippen molar-refractivity contribution in [2.24, 2.45) is 0 Å². The van der Waals surface area contributed by atoms with E-state index in [0.717, 1.165) is 61.1 Å². The van der Waals surface area contributed by atoms with Crippen molar-refractivity contribution in [1.82, 2.24) is 18.7 Å². The van der Waals surface area contributed by atoms with E-state index in [2.05, 4.69) is 200 Å². The average Bonchev–Trinajstić information content (AvgIpc) is 3.86. The second kappa shape index (κ2) is 13.6. The molecule has 0 atom stereocenters. The summed E-state index contributed by atoms with van der Waals surface area (Å²) >= 11 is 0. The number of ether oxygens (including phenoxy) is 1. The summed E-state index contributed by atoms with van der Waals surface area (Å²) in [5.41, 5.74) is 8.98. The van der Waals surface area contributed by atoms with Gasteiger partial charge >= 0.3 is 0 Å². The number of pyridine rings is 1. The van der Waals surface area contributed by atoms with Gasteiger partial charge in [-0.15, -0.1) is 24.3 Å². The number of benzene rings is 6. The predicted octanol–water partition coefficient (Wildman–Crippen LogP) is 11.8. The number of nitrogens with zero attached hydrogens (tertiary/aromatic N) is 5. The van der Waals surface area contributed by atoms with Gasteiger partial charge in [0.05, 0.1) is 16.6 Å². The van der Waals surface area contributed by atoms with Crippen LogP contribution >= 0.6 is 0 Å². The number of para-hydroxylation sites is 5. The molecule has 6 aromatic carbocycles. The van der Waals surface area contributed by atoms with Crippen molar-refractivity contribution in [3.05, 3.63) is 164 Å². The minimum Gasteiger partial charge on any atom is -0.508 e. The Balaban J connectivity index is 0.00000422. The summed E-state index contributed by atoms with van der Waals surface area (Å²) in [6.45, 7) is 13.3. The molecule has 0 N–H and O–H groups in total. The van der Waals surface area contributed by atoms with Crippen LogP contribution in [0.5, 0.6) is 11.5 Å². The van der Waals surface area contributed by atoms with Crippen LogP contribution in [0.15, 0.2) is 140 Å². The van der Waals surface area contributed by atoms with Crippen LogP contribution in [0.1, 0.15) is 47.1 Å². The van der Waals surface area contributed by atoms with Gasteiger partial charge in [0, 0.05) is 66.1 Å². The first-order valence-corrected chi connectivity index (χ1v) is 19.2. The van der Waals surface area contributed by atoms with E-state index in [1.807, 2.05) is 18.3 Å². The quantitative estimate of drug-likeness (QED) is 0.127. The summed E-state index contributed by atoms with van der Waals surface area (Å²) in [6, 6.07) is 54.1. The van der Waals surface area contributed by atoms with E-state index in [0.29, 0.717) is 11.5 Å². The number of hydrogen-bond donors (Lipinski definition) is 0.